The van der Waals surface area contributed by atoms with Crippen LogP contribution in [0.25, 0.3) is 0 Å². The first kappa shape index (κ1) is 23.6. The van der Waals surface area contributed by atoms with E-state index in [1.807, 2.05) is 0 Å². The summed E-state index contributed by atoms with van der Waals surface area (Å²) >= 11 is 3.10. The summed E-state index contributed by atoms with van der Waals surface area (Å²) in [5, 5.41) is 12.9. The molecule has 140 valence electrons. The van der Waals surface area contributed by atoms with Gasteiger partial charge in [-0.15, -0.1) is 24.8 Å². The van der Waals surface area contributed by atoms with E-state index in [1.165, 1.54) is 17.0 Å². The number of alkyl halides is 3. The lowest BCUT2D eigenvalue weighted by Gasteiger charge is -2.36. The standard InChI is InChI=1S/C14H18BrF3N2O2.2ClH/c1-2-22-11-8-9(7-10(15)12(11)21)13(14(16,17)18)20-5-3-19-4-6-20;;/h7-8,13,19,21H,2-6H2,1H3;2*1H/t13-;;/m0../s1. The molecule has 0 spiro atoms. The van der Waals surface area contributed by atoms with E-state index in [0.29, 0.717) is 26.2 Å². The Hall–Kier alpha value is -0.410. The number of phenols is 1. The molecule has 4 nitrogen and oxygen atoms in total. The highest BCUT2D eigenvalue weighted by molar-refractivity contribution is 9.10. The normalized spacial score (nSPS) is 16.7. The summed E-state index contributed by atoms with van der Waals surface area (Å²) in [5.41, 5.74) is 0.0579. The first-order valence-corrected chi connectivity index (χ1v) is 7.80. The van der Waals surface area contributed by atoms with E-state index in [2.05, 4.69) is 21.2 Å². The van der Waals surface area contributed by atoms with Crippen LogP contribution in [0.5, 0.6) is 11.5 Å². The van der Waals surface area contributed by atoms with Crippen molar-refractivity contribution in [3.8, 4) is 11.5 Å². The number of aromatic hydroxyl groups is 1. The quantitative estimate of drug-likeness (QED) is 0.722. The molecule has 0 radical (unpaired) electrons. The molecule has 1 aromatic rings. The summed E-state index contributed by atoms with van der Waals surface area (Å²) in [6, 6.07) is 0.854. The molecule has 0 saturated carbocycles. The zero-order chi connectivity index (χ0) is 16.3. The first-order valence-electron chi connectivity index (χ1n) is 7.01. The predicted molar refractivity (Wildman–Crippen MR) is 94.7 cm³/mol. The van der Waals surface area contributed by atoms with Gasteiger partial charge in [0, 0.05) is 26.2 Å². The van der Waals surface area contributed by atoms with Gasteiger partial charge in [0.05, 0.1) is 11.1 Å². The van der Waals surface area contributed by atoms with Crippen molar-refractivity contribution in [2.24, 2.45) is 0 Å². The van der Waals surface area contributed by atoms with E-state index >= 15 is 0 Å². The van der Waals surface area contributed by atoms with Crippen LogP contribution < -0.4 is 10.1 Å². The summed E-state index contributed by atoms with van der Waals surface area (Å²) in [6.07, 6.45) is -4.41. The molecule has 0 aliphatic carbocycles. The largest absolute Gasteiger partial charge is 0.503 e. The minimum atomic E-state index is -4.41. The number of hydrogen-bond acceptors (Lipinski definition) is 4. The minimum Gasteiger partial charge on any atom is -0.503 e. The van der Waals surface area contributed by atoms with Crippen LogP contribution in [-0.4, -0.2) is 49.0 Å². The maximum atomic E-state index is 13.6. The summed E-state index contributed by atoms with van der Waals surface area (Å²) in [5.74, 6) is -0.136. The van der Waals surface area contributed by atoms with Gasteiger partial charge in [-0.1, -0.05) is 0 Å². The average molecular weight is 456 g/mol. The van der Waals surface area contributed by atoms with E-state index in [-0.39, 0.29) is 53.0 Å². The Balaban J connectivity index is 0.00000264. The summed E-state index contributed by atoms with van der Waals surface area (Å²) in [7, 11) is 0. The van der Waals surface area contributed by atoms with Crippen molar-refractivity contribution in [2.75, 3.05) is 32.8 Å². The molecule has 1 aromatic carbocycles. The van der Waals surface area contributed by atoms with Crippen molar-refractivity contribution in [3.63, 3.8) is 0 Å². The molecule has 1 aliphatic heterocycles. The number of piperazine rings is 1. The van der Waals surface area contributed by atoms with E-state index in [9.17, 15) is 18.3 Å². The third-order valence-electron chi connectivity index (χ3n) is 3.49. The second-order valence-corrected chi connectivity index (χ2v) is 5.87. The van der Waals surface area contributed by atoms with Crippen molar-refractivity contribution in [2.45, 2.75) is 19.1 Å². The number of phenolic OH excluding ortho intramolecular Hbond substituents is 1. The molecule has 1 heterocycles. The summed E-state index contributed by atoms with van der Waals surface area (Å²) in [6.45, 7) is 3.62. The average Bonchev–Trinajstić information content (AvgIpc) is 2.44. The lowest BCUT2D eigenvalue weighted by atomic mass is 10.0. The van der Waals surface area contributed by atoms with Gasteiger partial charge in [-0.2, -0.15) is 13.2 Å². The van der Waals surface area contributed by atoms with Gasteiger partial charge >= 0.3 is 6.18 Å². The van der Waals surface area contributed by atoms with Gasteiger partial charge in [0.1, 0.15) is 6.04 Å². The highest BCUT2D eigenvalue weighted by Gasteiger charge is 2.45. The Bertz CT molecular complexity index is 529. The molecule has 24 heavy (non-hydrogen) atoms. The minimum absolute atomic E-state index is 0. The van der Waals surface area contributed by atoms with Crippen LogP contribution in [-0.2, 0) is 0 Å². The van der Waals surface area contributed by atoms with Crippen molar-refractivity contribution in [3.05, 3.63) is 22.2 Å². The molecule has 2 N–H and O–H groups in total. The number of ether oxygens (including phenoxy) is 1. The molecule has 10 heteroatoms. The molecular weight excluding hydrogens is 436 g/mol. The van der Waals surface area contributed by atoms with Crippen molar-refractivity contribution in [1.29, 1.82) is 0 Å². The molecule has 0 unspecified atom stereocenters. The Kier molecular flexibility index (Phi) is 9.74. The van der Waals surface area contributed by atoms with E-state index < -0.39 is 12.2 Å². The zero-order valence-electron chi connectivity index (χ0n) is 12.9. The van der Waals surface area contributed by atoms with Crippen molar-refractivity contribution in [1.82, 2.24) is 10.2 Å². The third-order valence-corrected chi connectivity index (χ3v) is 4.10. The topological polar surface area (TPSA) is 44.7 Å². The lowest BCUT2D eigenvalue weighted by molar-refractivity contribution is -0.187. The molecule has 1 atom stereocenters. The fraction of sp³-hybridized carbons (Fsp3) is 0.571. The number of halogens is 6. The SMILES string of the molecule is CCOc1cc([C@H](N2CCNCC2)C(F)(F)F)cc(Br)c1O.Cl.Cl. The molecule has 2 rings (SSSR count). The maximum Gasteiger partial charge on any atom is 0.408 e. The number of nitrogens with one attached hydrogen (secondary N) is 1. The molecule has 1 fully saturated rings. The van der Waals surface area contributed by atoms with Crippen LogP contribution >= 0.6 is 40.7 Å². The predicted octanol–water partition coefficient (Wildman–Crippen LogP) is 3.91. The number of rotatable bonds is 4. The van der Waals surface area contributed by atoms with Crippen LogP contribution in [0, 0.1) is 0 Å². The molecular formula is C14H20BrCl2F3N2O2. The van der Waals surface area contributed by atoms with Crippen LogP contribution in [0.15, 0.2) is 16.6 Å². The van der Waals surface area contributed by atoms with Crippen molar-refractivity contribution < 1.29 is 23.0 Å². The van der Waals surface area contributed by atoms with Crippen LogP contribution in [0.2, 0.25) is 0 Å². The van der Waals surface area contributed by atoms with Crippen LogP contribution in [0.3, 0.4) is 0 Å². The fourth-order valence-electron chi connectivity index (χ4n) is 2.56. The fourth-order valence-corrected chi connectivity index (χ4v) is 3.02. The van der Waals surface area contributed by atoms with Crippen LogP contribution in [0.1, 0.15) is 18.5 Å². The summed E-state index contributed by atoms with van der Waals surface area (Å²) in [4.78, 5) is 1.39. The Morgan fingerprint density at radius 1 is 1.29 bits per heavy atom. The maximum absolute atomic E-state index is 13.6. The Morgan fingerprint density at radius 2 is 1.88 bits per heavy atom. The smallest absolute Gasteiger partial charge is 0.408 e. The second-order valence-electron chi connectivity index (χ2n) is 5.01. The highest BCUT2D eigenvalue weighted by atomic mass is 79.9. The molecule has 1 saturated heterocycles. The number of nitrogens with zero attached hydrogens (tertiary/aromatic N) is 1. The number of benzene rings is 1. The number of hydrogen-bond donors (Lipinski definition) is 2. The van der Waals surface area contributed by atoms with E-state index in [4.69, 9.17) is 4.74 Å². The van der Waals surface area contributed by atoms with Crippen LogP contribution in [0.4, 0.5) is 13.2 Å². The van der Waals surface area contributed by atoms with Gasteiger partial charge < -0.3 is 15.2 Å². The Morgan fingerprint density at radius 3 is 2.38 bits per heavy atom. The van der Waals surface area contributed by atoms with Gasteiger partial charge in [0.25, 0.3) is 0 Å². The van der Waals surface area contributed by atoms with Gasteiger partial charge in [-0.25, -0.2) is 0 Å². The zero-order valence-corrected chi connectivity index (χ0v) is 16.1. The first-order chi connectivity index (χ1) is 10.3. The molecule has 1 aliphatic rings. The van der Waals surface area contributed by atoms with Gasteiger partial charge in [-0.3, -0.25) is 4.90 Å². The monoisotopic (exact) mass is 454 g/mol. The van der Waals surface area contributed by atoms with Gasteiger partial charge in [-0.05, 0) is 40.5 Å². The molecule has 0 aromatic heterocycles. The summed E-state index contributed by atoms with van der Waals surface area (Å²) < 4.78 is 46.1. The third kappa shape index (κ3) is 5.56. The Labute approximate surface area is 159 Å². The van der Waals surface area contributed by atoms with Gasteiger partial charge in [0.2, 0.25) is 0 Å². The lowest BCUT2D eigenvalue weighted by Crippen LogP contribution is -2.49. The van der Waals surface area contributed by atoms with Crippen molar-refractivity contribution >= 4 is 40.7 Å². The molecule has 0 amide bonds. The second kappa shape index (κ2) is 9.91. The van der Waals surface area contributed by atoms with E-state index in [1.54, 1.807) is 6.92 Å². The van der Waals surface area contributed by atoms with Gasteiger partial charge in [0.15, 0.2) is 11.5 Å². The highest BCUT2D eigenvalue weighted by Crippen LogP contribution is 2.43. The van der Waals surface area contributed by atoms with E-state index in [0.717, 1.165) is 0 Å². The molecule has 0 bridgehead atoms.